The van der Waals surface area contributed by atoms with E-state index in [1.807, 2.05) is 24.3 Å². The van der Waals surface area contributed by atoms with Gasteiger partial charge in [-0.05, 0) is 30.0 Å². The summed E-state index contributed by atoms with van der Waals surface area (Å²) >= 11 is 4.62. The zero-order chi connectivity index (χ0) is 20.8. The fourth-order valence-corrected chi connectivity index (χ4v) is 5.31. The molecule has 10 heteroatoms. The highest BCUT2D eigenvalue weighted by Crippen LogP contribution is 2.31. The van der Waals surface area contributed by atoms with Gasteiger partial charge in [-0.3, -0.25) is 4.79 Å². The number of hydrogen-bond donors (Lipinski definition) is 1. The minimum absolute atomic E-state index is 0.0184. The van der Waals surface area contributed by atoms with Crippen molar-refractivity contribution in [3.8, 4) is 11.5 Å². The molecular weight excluding hydrogens is 440 g/mol. The molecule has 0 fully saturated rings. The van der Waals surface area contributed by atoms with Crippen molar-refractivity contribution in [2.24, 2.45) is 0 Å². The van der Waals surface area contributed by atoms with Gasteiger partial charge in [-0.1, -0.05) is 41.3 Å². The normalized spacial score (nSPS) is 15.0. The van der Waals surface area contributed by atoms with Crippen LogP contribution in [-0.4, -0.2) is 59.6 Å². The third-order valence-corrected chi connectivity index (χ3v) is 7.36. The molecule has 3 aromatic rings. The first-order valence-electron chi connectivity index (χ1n) is 9.52. The van der Waals surface area contributed by atoms with Gasteiger partial charge in [0.15, 0.2) is 21.9 Å². The van der Waals surface area contributed by atoms with E-state index in [2.05, 4.69) is 33.0 Å². The number of thioether (sulfide) groups is 1. The smallest absolute Gasteiger partial charge is 0.232 e. The summed E-state index contributed by atoms with van der Waals surface area (Å²) in [4.78, 5) is 15.5. The fourth-order valence-electron chi connectivity index (χ4n) is 2.88. The van der Waals surface area contributed by atoms with Crippen LogP contribution in [0.15, 0.2) is 46.1 Å². The number of hydrogen-bond acceptors (Lipinski definition) is 9. The molecule has 0 saturated heterocycles. The van der Waals surface area contributed by atoms with Crippen LogP contribution in [0.1, 0.15) is 4.88 Å². The number of nitrogens with one attached hydrogen (secondary N) is 1. The Labute approximate surface area is 187 Å². The van der Waals surface area contributed by atoms with Gasteiger partial charge in [-0.25, -0.2) is 0 Å². The monoisotopic (exact) mass is 462 g/mol. The van der Waals surface area contributed by atoms with Crippen LogP contribution in [0, 0.1) is 0 Å². The van der Waals surface area contributed by atoms with Crippen molar-refractivity contribution in [3.05, 3.63) is 46.7 Å². The Morgan fingerprint density at radius 2 is 2.13 bits per heavy atom. The standard InChI is InChI=1S/C20H22N4O3S3/c1-24(11-14-12-26-16-6-2-3-7-17(16)27-14)18(25)13-29-20-23-22-19(30-20)21-9-8-15-5-4-10-28-15/h2-7,10,14H,8-9,11-13H2,1H3,(H,21,22). The summed E-state index contributed by atoms with van der Waals surface area (Å²) in [6, 6.07) is 11.8. The Morgan fingerprint density at radius 1 is 1.27 bits per heavy atom. The lowest BCUT2D eigenvalue weighted by Crippen LogP contribution is -2.42. The molecule has 0 aliphatic carbocycles. The number of anilines is 1. The number of carbonyl (C=O) groups excluding carboxylic acids is 1. The van der Waals surface area contributed by atoms with Gasteiger partial charge in [-0.2, -0.15) is 0 Å². The molecule has 1 aliphatic rings. The molecule has 158 valence electrons. The second kappa shape index (κ2) is 10.1. The molecule has 0 radical (unpaired) electrons. The molecule has 0 spiro atoms. The number of rotatable bonds is 9. The van der Waals surface area contributed by atoms with Crippen LogP contribution >= 0.6 is 34.4 Å². The number of thiophene rings is 1. The van der Waals surface area contributed by atoms with Crippen LogP contribution in [0.5, 0.6) is 11.5 Å². The minimum atomic E-state index is -0.181. The summed E-state index contributed by atoms with van der Waals surface area (Å²) in [7, 11) is 1.78. The van der Waals surface area contributed by atoms with E-state index in [1.165, 1.54) is 28.0 Å². The molecule has 1 amide bonds. The second-order valence-electron chi connectivity index (χ2n) is 6.69. The highest BCUT2D eigenvalue weighted by molar-refractivity contribution is 8.01. The van der Waals surface area contributed by atoms with E-state index in [0.717, 1.165) is 33.9 Å². The molecule has 3 heterocycles. The molecule has 0 saturated carbocycles. The maximum atomic E-state index is 12.5. The molecule has 4 rings (SSSR count). The summed E-state index contributed by atoms with van der Waals surface area (Å²) in [5.74, 6) is 1.79. The predicted molar refractivity (Wildman–Crippen MR) is 121 cm³/mol. The number of ether oxygens (including phenoxy) is 2. The molecule has 7 nitrogen and oxygen atoms in total. The third kappa shape index (κ3) is 5.65. The lowest BCUT2D eigenvalue weighted by atomic mass is 10.2. The lowest BCUT2D eigenvalue weighted by Gasteiger charge is -2.29. The third-order valence-electron chi connectivity index (χ3n) is 4.42. The van der Waals surface area contributed by atoms with Crippen molar-refractivity contribution in [1.29, 1.82) is 0 Å². The molecule has 1 aliphatic heterocycles. The van der Waals surface area contributed by atoms with Crippen molar-refractivity contribution in [2.45, 2.75) is 16.9 Å². The molecule has 1 atom stereocenters. The SMILES string of the molecule is CN(CC1COc2ccccc2O1)C(=O)CSc1nnc(NCCc2cccs2)s1. The van der Waals surface area contributed by atoms with E-state index < -0.39 is 0 Å². The van der Waals surface area contributed by atoms with E-state index in [0.29, 0.717) is 18.9 Å². The Bertz CT molecular complexity index is 964. The first-order chi connectivity index (χ1) is 14.7. The Hall–Kier alpha value is -2.30. The summed E-state index contributed by atoms with van der Waals surface area (Å²) in [5, 5.41) is 14.5. The summed E-state index contributed by atoms with van der Waals surface area (Å²) in [6.45, 7) is 1.71. The quantitative estimate of drug-likeness (QED) is 0.487. The number of amides is 1. The predicted octanol–water partition coefficient (Wildman–Crippen LogP) is 3.64. The van der Waals surface area contributed by atoms with E-state index in [9.17, 15) is 4.79 Å². The Balaban J connectivity index is 1.18. The van der Waals surface area contributed by atoms with Gasteiger partial charge in [0.05, 0.1) is 12.3 Å². The van der Waals surface area contributed by atoms with E-state index >= 15 is 0 Å². The van der Waals surface area contributed by atoms with Crippen molar-refractivity contribution in [1.82, 2.24) is 15.1 Å². The number of carbonyl (C=O) groups is 1. The highest BCUT2D eigenvalue weighted by atomic mass is 32.2. The van der Waals surface area contributed by atoms with Crippen molar-refractivity contribution in [2.75, 3.05) is 37.8 Å². The van der Waals surface area contributed by atoms with Crippen molar-refractivity contribution in [3.63, 3.8) is 0 Å². The number of fused-ring (bicyclic) bond motifs is 1. The maximum Gasteiger partial charge on any atom is 0.232 e. The number of likely N-dealkylation sites (N-methyl/N-ethyl adjacent to an activating group) is 1. The van der Waals surface area contributed by atoms with Gasteiger partial charge in [0.1, 0.15) is 6.61 Å². The van der Waals surface area contributed by atoms with Crippen LogP contribution < -0.4 is 14.8 Å². The summed E-state index contributed by atoms with van der Waals surface area (Å²) in [5.41, 5.74) is 0. The molecule has 30 heavy (non-hydrogen) atoms. The molecule has 1 N–H and O–H groups in total. The van der Waals surface area contributed by atoms with Gasteiger partial charge in [0.25, 0.3) is 0 Å². The summed E-state index contributed by atoms with van der Waals surface area (Å²) < 4.78 is 12.4. The van der Waals surface area contributed by atoms with Crippen LogP contribution in [0.4, 0.5) is 5.13 Å². The number of para-hydroxylation sites is 2. The maximum absolute atomic E-state index is 12.5. The van der Waals surface area contributed by atoms with Crippen LogP contribution in [-0.2, 0) is 11.2 Å². The zero-order valence-corrected chi connectivity index (χ0v) is 18.9. The van der Waals surface area contributed by atoms with E-state index in [1.54, 1.807) is 23.3 Å². The van der Waals surface area contributed by atoms with Gasteiger partial charge in [0, 0.05) is 18.5 Å². The summed E-state index contributed by atoms with van der Waals surface area (Å²) in [6.07, 6.45) is 0.778. The second-order valence-corrected chi connectivity index (χ2v) is 9.92. The molecule has 2 aromatic heterocycles. The van der Waals surface area contributed by atoms with Crippen molar-refractivity contribution < 1.29 is 14.3 Å². The average molecular weight is 463 g/mol. The van der Waals surface area contributed by atoms with Crippen LogP contribution in [0.2, 0.25) is 0 Å². The molecular formula is C20H22N4O3S3. The first kappa shape index (κ1) is 21.0. The number of nitrogens with zero attached hydrogens (tertiary/aromatic N) is 3. The van der Waals surface area contributed by atoms with Gasteiger partial charge in [-0.15, -0.1) is 21.5 Å². The average Bonchev–Trinajstić information content (AvgIpc) is 3.44. The van der Waals surface area contributed by atoms with Gasteiger partial charge in [0.2, 0.25) is 11.0 Å². The van der Waals surface area contributed by atoms with Gasteiger partial charge >= 0.3 is 0 Å². The molecule has 0 bridgehead atoms. The highest BCUT2D eigenvalue weighted by Gasteiger charge is 2.23. The first-order valence-corrected chi connectivity index (χ1v) is 12.2. The largest absolute Gasteiger partial charge is 0.486 e. The Kier molecular flexibility index (Phi) is 7.08. The fraction of sp³-hybridized carbons (Fsp3) is 0.350. The van der Waals surface area contributed by atoms with Crippen LogP contribution in [0.25, 0.3) is 0 Å². The van der Waals surface area contributed by atoms with Crippen LogP contribution in [0.3, 0.4) is 0 Å². The molecule has 1 aromatic carbocycles. The Morgan fingerprint density at radius 3 is 2.97 bits per heavy atom. The number of aromatic nitrogens is 2. The van der Waals surface area contributed by atoms with E-state index in [-0.39, 0.29) is 12.0 Å². The zero-order valence-electron chi connectivity index (χ0n) is 16.4. The molecule has 1 unspecified atom stereocenters. The topological polar surface area (TPSA) is 76.6 Å². The number of benzene rings is 1. The minimum Gasteiger partial charge on any atom is -0.486 e. The van der Waals surface area contributed by atoms with Gasteiger partial charge < -0.3 is 19.7 Å². The van der Waals surface area contributed by atoms with E-state index in [4.69, 9.17) is 9.47 Å². The van der Waals surface area contributed by atoms with Crippen molar-refractivity contribution >= 4 is 45.5 Å². The lowest BCUT2D eigenvalue weighted by molar-refractivity contribution is -0.128.